The molecule has 1 amide bonds. The molecule has 0 rings (SSSR count). The molecule has 0 fully saturated rings. The minimum Gasteiger partial charge on any atom is -0.469 e. The van der Waals surface area contributed by atoms with E-state index in [0.29, 0.717) is 0 Å². The van der Waals surface area contributed by atoms with Gasteiger partial charge in [0, 0.05) is 0 Å². The van der Waals surface area contributed by atoms with E-state index in [4.69, 9.17) is 4.74 Å². The number of methoxy groups -OCH3 is 2. The fraction of sp³-hybridized carbons (Fsp3) is 0.727. The van der Waals surface area contributed by atoms with Gasteiger partial charge in [-0.3, -0.25) is 4.79 Å². The van der Waals surface area contributed by atoms with Gasteiger partial charge in [-0.15, -0.1) is 0 Å². The van der Waals surface area contributed by atoms with Crippen LogP contribution in [0.25, 0.3) is 0 Å². The summed E-state index contributed by atoms with van der Waals surface area (Å²) in [6.07, 6.45) is -1.12. The zero-order valence-corrected chi connectivity index (χ0v) is 11.2. The molecule has 0 radical (unpaired) electrons. The summed E-state index contributed by atoms with van der Waals surface area (Å²) in [5.41, 5.74) is -0.698. The second-order valence-electron chi connectivity index (χ2n) is 4.50. The van der Waals surface area contributed by atoms with Crippen LogP contribution < -0.4 is 5.32 Å². The fourth-order valence-electron chi connectivity index (χ4n) is 1.04. The molecule has 1 unspecified atom stereocenters. The van der Waals surface area contributed by atoms with Crippen molar-refractivity contribution in [1.82, 2.24) is 5.32 Å². The lowest BCUT2D eigenvalue weighted by Gasteiger charge is -2.22. The van der Waals surface area contributed by atoms with Crippen molar-refractivity contribution in [3.05, 3.63) is 0 Å². The van der Waals surface area contributed by atoms with E-state index < -0.39 is 29.7 Å². The van der Waals surface area contributed by atoms with Crippen LogP contribution in [-0.4, -0.2) is 43.9 Å². The van der Waals surface area contributed by atoms with Crippen LogP contribution in [-0.2, 0) is 23.8 Å². The first-order chi connectivity index (χ1) is 8.19. The Morgan fingerprint density at radius 2 is 1.67 bits per heavy atom. The number of nitrogens with one attached hydrogen (secondary N) is 1. The minimum atomic E-state index is -1.13. The Labute approximate surface area is 106 Å². The van der Waals surface area contributed by atoms with Crippen molar-refractivity contribution < 1.29 is 28.6 Å². The van der Waals surface area contributed by atoms with Crippen molar-refractivity contribution in [1.29, 1.82) is 0 Å². The third-order valence-corrected chi connectivity index (χ3v) is 1.78. The highest BCUT2D eigenvalue weighted by atomic mass is 16.6. The lowest BCUT2D eigenvalue weighted by atomic mass is 10.2. The quantitative estimate of drug-likeness (QED) is 0.589. The summed E-state index contributed by atoms with van der Waals surface area (Å²) < 4.78 is 13.9. The van der Waals surface area contributed by atoms with Gasteiger partial charge in [0.2, 0.25) is 0 Å². The van der Waals surface area contributed by atoms with Crippen molar-refractivity contribution in [3.63, 3.8) is 0 Å². The van der Waals surface area contributed by atoms with Crippen molar-refractivity contribution >= 4 is 18.0 Å². The van der Waals surface area contributed by atoms with E-state index in [1.807, 2.05) is 0 Å². The Morgan fingerprint density at radius 1 is 1.11 bits per heavy atom. The summed E-state index contributed by atoms with van der Waals surface area (Å²) in [5, 5.41) is 2.25. The second-order valence-corrected chi connectivity index (χ2v) is 4.50. The Kier molecular flexibility index (Phi) is 6.15. The molecule has 0 aliphatic rings. The van der Waals surface area contributed by atoms with E-state index in [9.17, 15) is 14.4 Å². The summed E-state index contributed by atoms with van der Waals surface area (Å²) >= 11 is 0. The molecule has 18 heavy (non-hydrogen) atoms. The van der Waals surface area contributed by atoms with E-state index in [1.54, 1.807) is 20.8 Å². The molecule has 0 aliphatic carbocycles. The van der Waals surface area contributed by atoms with Gasteiger partial charge < -0.3 is 19.5 Å². The maximum atomic E-state index is 11.5. The largest absolute Gasteiger partial charge is 0.469 e. The number of hydrogen-bond acceptors (Lipinski definition) is 6. The predicted octanol–water partition coefficient (Wildman–Crippen LogP) is 0.616. The van der Waals surface area contributed by atoms with E-state index in [0.717, 1.165) is 7.11 Å². The molecule has 0 aliphatic heterocycles. The SMILES string of the molecule is COC(=O)CC(NC(=O)OC(C)(C)C)C(=O)OC. The normalized spacial score (nSPS) is 12.3. The van der Waals surface area contributed by atoms with Crippen molar-refractivity contribution in [2.24, 2.45) is 0 Å². The van der Waals surface area contributed by atoms with Gasteiger partial charge in [0.1, 0.15) is 11.6 Å². The zero-order chi connectivity index (χ0) is 14.3. The number of hydrogen-bond donors (Lipinski definition) is 1. The van der Waals surface area contributed by atoms with Crippen LogP contribution in [0.4, 0.5) is 4.79 Å². The maximum Gasteiger partial charge on any atom is 0.408 e. The molecular formula is C11H19NO6. The minimum absolute atomic E-state index is 0.317. The van der Waals surface area contributed by atoms with Gasteiger partial charge in [0.25, 0.3) is 0 Å². The summed E-state index contributed by atoms with van der Waals surface area (Å²) in [7, 11) is 2.34. The standard InChI is InChI=1S/C11H19NO6/c1-11(2,3)18-10(15)12-7(9(14)17-5)6-8(13)16-4/h7H,6H2,1-5H3,(H,12,15). The molecule has 1 atom stereocenters. The highest BCUT2D eigenvalue weighted by Gasteiger charge is 2.27. The third kappa shape index (κ3) is 6.72. The van der Waals surface area contributed by atoms with Crippen LogP contribution in [0.5, 0.6) is 0 Å². The molecular weight excluding hydrogens is 242 g/mol. The summed E-state index contributed by atoms with van der Waals surface area (Å²) in [6, 6.07) is -1.13. The van der Waals surface area contributed by atoms with Gasteiger partial charge in [-0.2, -0.15) is 0 Å². The second kappa shape index (κ2) is 6.83. The summed E-state index contributed by atoms with van der Waals surface area (Å²) in [5.74, 6) is -1.38. The molecule has 7 nitrogen and oxygen atoms in total. The smallest absolute Gasteiger partial charge is 0.408 e. The van der Waals surface area contributed by atoms with E-state index in [1.165, 1.54) is 7.11 Å². The molecule has 0 aromatic heterocycles. The van der Waals surface area contributed by atoms with Gasteiger partial charge >= 0.3 is 18.0 Å². The predicted molar refractivity (Wildman–Crippen MR) is 61.8 cm³/mol. The highest BCUT2D eigenvalue weighted by molar-refractivity contribution is 5.86. The van der Waals surface area contributed by atoms with Crippen molar-refractivity contribution in [2.75, 3.05) is 14.2 Å². The Morgan fingerprint density at radius 3 is 2.06 bits per heavy atom. The van der Waals surface area contributed by atoms with Gasteiger partial charge in [-0.05, 0) is 20.8 Å². The molecule has 0 aromatic rings. The van der Waals surface area contributed by atoms with Crippen LogP contribution in [0.3, 0.4) is 0 Å². The zero-order valence-electron chi connectivity index (χ0n) is 11.2. The van der Waals surface area contributed by atoms with E-state index in [2.05, 4.69) is 14.8 Å². The van der Waals surface area contributed by atoms with Crippen LogP contribution in [0, 0.1) is 0 Å². The van der Waals surface area contributed by atoms with E-state index >= 15 is 0 Å². The first-order valence-electron chi connectivity index (χ1n) is 5.33. The molecule has 0 saturated carbocycles. The monoisotopic (exact) mass is 261 g/mol. The van der Waals surface area contributed by atoms with E-state index in [-0.39, 0.29) is 6.42 Å². The number of amides is 1. The highest BCUT2D eigenvalue weighted by Crippen LogP contribution is 2.07. The summed E-state index contributed by atoms with van der Waals surface area (Å²) in [6.45, 7) is 5.04. The third-order valence-electron chi connectivity index (χ3n) is 1.78. The molecule has 104 valence electrons. The van der Waals surface area contributed by atoms with Crippen LogP contribution in [0.15, 0.2) is 0 Å². The molecule has 7 heteroatoms. The van der Waals surface area contributed by atoms with Gasteiger partial charge in [0.05, 0.1) is 20.6 Å². The molecule has 0 bridgehead atoms. The lowest BCUT2D eigenvalue weighted by molar-refractivity contribution is -0.149. The van der Waals surface area contributed by atoms with Crippen molar-refractivity contribution in [3.8, 4) is 0 Å². The van der Waals surface area contributed by atoms with Crippen LogP contribution >= 0.6 is 0 Å². The van der Waals surface area contributed by atoms with Gasteiger partial charge in [0.15, 0.2) is 0 Å². The number of esters is 2. The first kappa shape index (κ1) is 16.2. The van der Waals surface area contributed by atoms with Crippen LogP contribution in [0.2, 0.25) is 0 Å². The molecule has 0 aromatic carbocycles. The number of ether oxygens (including phenoxy) is 3. The molecule has 0 spiro atoms. The molecule has 0 heterocycles. The average Bonchev–Trinajstić information content (AvgIpc) is 2.24. The average molecular weight is 261 g/mol. The molecule has 1 N–H and O–H groups in total. The van der Waals surface area contributed by atoms with Gasteiger partial charge in [-0.25, -0.2) is 9.59 Å². The number of carbonyl (C=O) groups excluding carboxylic acids is 3. The summed E-state index contributed by atoms with van der Waals surface area (Å²) in [4.78, 5) is 33.9. The number of rotatable bonds is 4. The van der Waals surface area contributed by atoms with Crippen molar-refractivity contribution in [2.45, 2.75) is 38.8 Å². The maximum absolute atomic E-state index is 11.5. The number of alkyl carbamates (subject to hydrolysis) is 1. The lowest BCUT2D eigenvalue weighted by Crippen LogP contribution is -2.45. The fourth-order valence-corrected chi connectivity index (χ4v) is 1.04. The Balaban J connectivity index is 4.55. The Bertz CT molecular complexity index is 320. The topological polar surface area (TPSA) is 90.9 Å². The Hall–Kier alpha value is -1.79. The molecule has 0 saturated heterocycles. The first-order valence-corrected chi connectivity index (χ1v) is 5.33. The van der Waals surface area contributed by atoms with Gasteiger partial charge in [-0.1, -0.05) is 0 Å². The number of carbonyl (C=O) groups is 3. The van der Waals surface area contributed by atoms with Crippen LogP contribution in [0.1, 0.15) is 27.2 Å².